The van der Waals surface area contributed by atoms with Crippen LogP contribution in [0.3, 0.4) is 0 Å². The maximum atomic E-state index is 12.8. The van der Waals surface area contributed by atoms with Gasteiger partial charge in [-0.2, -0.15) is 16.8 Å². The van der Waals surface area contributed by atoms with Crippen LogP contribution in [-0.4, -0.2) is 106 Å². The van der Waals surface area contributed by atoms with E-state index in [-0.39, 0.29) is 38.2 Å². The zero-order chi connectivity index (χ0) is 27.2. The Kier molecular flexibility index (Phi) is 10.5. The van der Waals surface area contributed by atoms with E-state index in [2.05, 4.69) is 0 Å². The summed E-state index contributed by atoms with van der Waals surface area (Å²) in [6, 6.07) is 1.59. The number of sulfone groups is 1. The Morgan fingerprint density at radius 2 is 1.46 bits per heavy atom. The number of hydrogen-bond acceptors (Lipinski definition) is 11. The van der Waals surface area contributed by atoms with E-state index in [4.69, 9.17) is 14.2 Å². The number of aliphatic hydroxyl groups excluding tert-OH is 1. The fraction of sp³-hybridized carbons (Fsp3) is 0.588. The van der Waals surface area contributed by atoms with E-state index >= 15 is 0 Å². The van der Waals surface area contributed by atoms with Crippen LogP contribution >= 0.6 is 0 Å². The zero-order valence-electron chi connectivity index (χ0n) is 18.9. The van der Waals surface area contributed by atoms with Crippen LogP contribution in [0, 0.1) is 10.1 Å². The van der Waals surface area contributed by atoms with Gasteiger partial charge in [-0.3, -0.25) is 24.0 Å². The first kappa shape index (κ1) is 30.7. The van der Waals surface area contributed by atoms with Gasteiger partial charge in [0.15, 0.2) is 9.84 Å². The monoisotopic (exact) mass is 561 g/mol. The Labute approximate surface area is 202 Å². The van der Waals surface area contributed by atoms with Crippen molar-refractivity contribution in [2.45, 2.75) is 17.7 Å². The summed E-state index contributed by atoms with van der Waals surface area (Å²) in [6.07, 6.45) is 0.251. The molecule has 0 aliphatic carbocycles. The molecule has 18 heteroatoms. The number of carbonyl (C=O) groups excluding carboxylic acids is 1. The first-order valence-electron chi connectivity index (χ1n) is 9.91. The molecule has 1 amide bonds. The topological polar surface area (TPSA) is 230 Å². The number of benzene rings is 1. The van der Waals surface area contributed by atoms with Crippen LogP contribution in [0.2, 0.25) is 0 Å². The molecular formula is C17H27N3O12S3. The average molecular weight is 562 g/mol. The molecule has 0 saturated heterocycles. The summed E-state index contributed by atoms with van der Waals surface area (Å²) >= 11 is 0. The van der Waals surface area contributed by atoms with Crippen LogP contribution in [0.15, 0.2) is 17.0 Å². The summed E-state index contributed by atoms with van der Waals surface area (Å²) in [5, 5.41) is 20.7. The summed E-state index contributed by atoms with van der Waals surface area (Å²) in [5.74, 6) is -2.37. The molecule has 35 heavy (non-hydrogen) atoms. The molecule has 1 aromatic carbocycles. The third-order valence-corrected chi connectivity index (χ3v) is 7.42. The second kappa shape index (κ2) is 12.0. The van der Waals surface area contributed by atoms with Crippen molar-refractivity contribution >= 4 is 47.4 Å². The SMILES string of the molecule is CN(CCO)C(=O)c1cc(N(CCCS(=O)(=O)O)CCCS(=O)(=O)O)c(S(C)(=O)=O)cc1[N+](=O)[O-]. The minimum Gasteiger partial charge on any atom is -0.395 e. The van der Waals surface area contributed by atoms with Crippen molar-refractivity contribution < 1.29 is 49.2 Å². The van der Waals surface area contributed by atoms with Crippen LogP contribution in [-0.2, 0) is 30.1 Å². The van der Waals surface area contributed by atoms with Crippen molar-refractivity contribution in [1.82, 2.24) is 4.90 Å². The number of anilines is 1. The molecule has 3 N–H and O–H groups in total. The third kappa shape index (κ3) is 10.0. The number of aliphatic hydroxyl groups is 1. The van der Waals surface area contributed by atoms with Gasteiger partial charge in [-0.15, -0.1) is 0 Å². The highest BCUT2D eigenvalue weighted by Crippen LogP contribution is 2.34. The number of nitro groups is 1. The van der Waals surface area contributed by atoms with Gasteiger partial charge in [-0.1, -0.05) is 0 Å². The molecule has 0 unspecified atom stereocenters. The number of likely N-dealkylation sites (N-methyl/N-ethyl adjacent to an activating group) is 1. The van der Waals surface area contributed by atoms with Crippen LogP contribution in [0.25, 0.3) is 0 Å². The number of rotatable bonds is 14. The minimum atomic E-state index is -4.40. The Hall–Kier alpha value is -2.38. The molecule has 0 atom stereocenters. The molecule has 1 rings (SSSR count). The predicted octanol–water partition coefficient (Wildman–Crippen LogP) is -0.575. The normalized spacial score (nSPS) is 12.4. The second-order valence-corrected chi connectivity index (χ2v) is 12.7. The number of carbonyl (C=O) groups is 1. The van der Waals surface area contributed by atoms with E-state index in [1.54, 1.807) is 0 Å². The maximum Gasteiger partial charge on any atom is 0.283 e. The van der Waals surface area contributed by atoms with Crippen LogP contribution in [0.5, 0.6) is 0 Å². The molecule has 0 heterocycles. The van der Waals surface area contributed by atoms with Gasteiger partial charge in [0.2, 0.25) is 0 Å². The van der Waals surface area contributed by atoms with Crippen molar-refractivity contribution in [3.63, 3.8) is 0 Å². The lowest BCUT2D eigenvalue weighted by Crippen LogP contribution is -2.32. The molecule has 0 saturated carbocycles. The van der Waals surface area contributed by atoms with Gasteiger partial charge in [-0.05, 0) is 18.9 Å². The Morgan fingerprint density at radius 1 is 0.971 bits per heavy atom. The summed E-state index contributed by atoms with van der Waals surface area (Å²) in [6.45, 7) is -1.16. The Morgan fingerprint density at radius 3 is 1.83 bits per heavy atom. The van der Waals surface area contributed by atoms with Gasteiger partial charge in [0.25, 0.3) is 31.8 Å². The Balaban J connectivity index is 3.72. The lowest BCUT2D eigenvalue weighted by molar-refractivity contribution is -0.385. The van der Waals surface area contributed by atoms with Gasteiger partial charge in [0, 0.05) is 39.0 Å². The molecule has 200 valence electrons. The van der Waals surface area contributed by atoms with Crippen molar-refractivity contribution in [2.24, 2.45) is 0 Å². The number of hydrogen-bond donors (Lipinski definition) is 3. The van der Waals surface area contributed by atoms with Crippen molar-refractivity contribution in [3.8, 4) is 0 Å². The lowest BCUT2D eigenvalue weighted by Gasteiger charge is -2.27. The van der Waals surface area contributed by atoms with Gasteiger partial charge < -0.3 is 14.9 Å². The zero-order valence-corrected chi connectivity index (χ0v) is 21.3. The van der Waals surface area contributed by atoms with Crippen LogP contribution in [0.4, 0.5) is 11.4 Å². The molecule has 0 aromatic heterocycles. The van der Waals surface area contributed by atoms with E-state index in [1.165, 1.54) is 11.9 Å². The summed E-state index contributed by atoms with van der Waals surface area (Å²) in [7, 11) is -11.7. The fourth-order valence-corrected chi connectivity index (χ4v) is 4.99. The molecule has 15 nitrogen and oxygen atoms in total. The van der Waals surface area contributed by atoms with E-state index in [9.17, 15) is 40.2 Å². The Bertz CT molecular complexity index is 1220. The van der Waals surface area contributed by atoms with Crippen LogP contribution in [0.1, 0.15) is 23.2 Å². The largest absolute Gasteiger partial charge is 0.395 e. The minimum absolute atomic E-state index is 0.189. The molecule has 0 radical (unpaired) electrons. The highest BCUT2D eigenvalue weighted by atomic mass is 32.2. The smallest absolute Gasteiger partial charge is 0.283 e. The van der Waals surface area contributed by atoms with E-state index in [0.29, 0.717) is 6.07 Å². The van der Waals surface area contributed by atoms with Crippen molar-refractivity contribution in [3.05, 3.63) is 27.8 Å². The third-order valence-electron chi connectivity index (χ3n) is 4.69. The molecule has 0 spiro atoms. The van der Waals surface area contributed by atoms with Crippen molar-refractivity contribution in [2.75, 3.05) is 56.0 Å². The van der Waals surface area contributed by atoms with Gasteiger partial charge in [-0.25, -0.2) is 8.42 Å². The maximum absolute atomic E-state index is 12.8. The van der Waals surface area contributed by atoms with Crippen LogP contribution < -0.4 is 4.90 Å². The number of nitro benzene ring substituents is 1. The molecule has 0 aliphatic heterocycles. The van der Waals surface area contributed by atoms with Gasteiger partial charge in [0.1, 0.15) is 5.56 Å². The van der Waals surface area contributed by atoms with E-state index in [1.807, 2.05) is 0 Å². The molecule has 0 bridgehead atoms. The lowest BCUT2D eigenvalue weighted by atomic mass is 10.1. The highest BCUT2D eigenvalue weighted by Gasteiger charge is 2.30. The second-order valence-electron chi connectivity index (χ2n) is 7.58. The number of amides is 1. The first-order chi connectivity index (χ1) is 15.9. The number of nitrogens with zero attached hydrogens (tertiary/aromatic N) is 3. The van der Waals surface area contributed by atoms with Crippen molar-refractivity contribution in [1.29, 1.82) is 0 Å². The predicted molar refractivity (Wildman–Crippen MR) is 125 cm³/mol. The van der Waals surface area contributed by atoms with E-state index in [0.717, 1.165) is 17.2 Å². The highest BCUT2D eigenvalue weighted by molar-refractivity contribution is 7.91. The first-order valence-corrected chi connectivity index (χ1v) is 15.0. The standard InChI is InChI=1S/C17H27N3O12S3/c1-18(7-8-21)17(22)13-11-15(16(33(2,25)26)12-14(13)20(23)24)19(5-3-9-34(27,28)29)6-4-10-35(30,31)32/h11-12,21H,3-10H2,1-2H3,(H,27,28,29)(H,30,31,32). The fourth-order valence-electron chi connectivity index (χ4n) is 3.11. The summed E-state index contributed by atoms with van der Waals surface area (Å²) in [4.78, 5) is 25.0. The quantitative estimate of drug-likeness (QED) is 0.147. The molecular weight excluding hydrogens is 534 g/mol. The molecule has 0 aliphatic rings. The van der Waals surface area contributed by atoms with E-state index < -0.39 is 75.2 Å². The molecule has 1 aromatic rings. The summed E-state index contributed by atoms with van der Waals surface area (Å²) < 4.78 is 87.3. The summed E-state index contributed by atoms with van der Waals surface area (Å²) in [5.41, 5.74) is -1.60. The van der Waals surface area contributed by atoms with Gasteiger partial charge in [0.05, 0.1) is 33.6 Å². The average Bonchev–Trinajstić information content (AvgIpc) is 2.68. The molecule has 0 fully saturated rings. The van der Waals surface area contributed by atoms with Gasteiger partial charge >= 0.3 is 0 Å².